The van der Waals surface area contributed by atoms with Gasteiger partial charge < -0.3 is 10.1 Å². The highest BCUT2D eigenvalue weighted by atomic mass is 32.2. The number of nitrogens with one attached hydrogen (secondary N) is 1. The van der Waals surface area contributed by atoms with E-state index in [0.29, 0.717) is 5.69 Å². The van der Waals surface area contributed by atoms with Gasteiger partial charge in [0.15, 0.2) is 6.61 Å². The lowest BCUT2D eigenvalue weighted by Gasteiger charge is -2.09. The number of carbonyl (C=O) groups is 2. The summed E-state index contributed by atoms with van der Waals surface area (Å²) < 4.78 is 29.9. The number of anilines is 1. The standard InChI is InChI=1S/C17H16F2N2O3S/c1-10-6-11(2)8-12(7-10)21-14(22)9-24-16(23)13-4-3-5-20-15(13)25-17(18)19/h3-8,17H,9H2,1-2H3,(H,21,22). The Kier molecular flexibility index (Phi) is 6.46. The number of benzene rings is 1. The number of hydrogen-bond acceptors (Lipinski definition) is 5. The third-order valence-corrected chi connectivity index (χ3v) is 3.76. The maximum Gasteiger partial charge on any atom is 0.341 e. The minimum atomic E-state index is -2.71. The fourth-order valence-electron chi connectivity index (χ4n) is 2.18. The fourth-order valence-corrected chi connectivity index (χ4v) is 2.75. The third kappa shape index (κ3) is 5.82. The number of aryl methyl sites for hydroxylation is 2. The lowest BCUT2D eigenvalue weighted by Crippen LogP contribution is -2.21. The molecule has 0 aliphatic carbocycles. The van der Waals surface area contributed by atoms with E-state index in [2.05, 4.69) is 10.3 Å². The largest absolute Gasteiger partial charge is 0.452 e. The molecule has 25 heavy (non-hydrogen) atoms. The van der Waals surface area contributed by atoms with Gasteiger partial charge in [-0.15, -0.1) is 0 Å². The minimum absolute atomic E-state index is 0.105. The zero-order valence-electron chi connectivity index (χ0n) is 13.6. The Balaban J connectivity index is 1.96. The molecule has 8 heteroatoms. The van der Waals surface area contributed by atoms with Crippen LogP contribution in [0.15, 0.2) is 41.6 Å². The first-order valence-corrected chi connectivity index (χ1v) is 8.18. The average Bonchev–Trinajstić information content (AvgIpc) is 2.51. The third-order valence-electron chi connectivity index (χ3n) is 3.03. The molecule has 0 fully saturated rings. The SMILES string of the molecule is Cc1cc(C)cc(NC(=O)COC(=O)c2cccnc2SC(F)F)c1. The highest BCUT2D eigenvalue weighted by molar-refractivity contribution is 7.99. The Bertz CT molecular complexity index is 764. The van der Waals surface area contributed by atoms with Crippen molar-refractivity contribution in [2.24, 2.45) is 0 Å². The van der Waals surface area contributed by atoms with Crippen LogP contribution in [0.5, 0.6) is 0 Å². The first kappa shape index (κ1) is 18.9. The number of alkyl halides is 2. The van der Waals surface area contributed by atoms with Gasteiger partial charge in [-0.2, -0.15) is 8.78 Å². The van der Waals surface area contributed by atoms with Crippen molar-refractivity contribution in [1.82, 2.24) is 4.98 Å². The van der Waals surface area contributed by atoms with E-state index in [1.165, 1.54) is 18.3 Å². The normalized spacial score (nSPS) is 10.6. The Labute approximate surface area is 147 Å². The molecular formula is C17H16F2N2O3S. The van der Waals surface area contributed by atoms with E-state index in [1.807, 2.05) is 19.9 Å². The number of thioether (sulfide) groups is 1. The molecule has 1 heterocycles. The van der Waals surface area contributed by atoms with Crippen LogP contribution in [0, 0.1) is 13.8 Å². The molecule has 2 rings (SSSR count). The lowest BCUT2D eigenvalue weighted by atomic mass is 10.1. The zero-order valence-corrected chi connectivity index (χ0v) is 14.4. The van der Waals surface area contributed by atoms with Gasteiger partial charge in [-0.1, -0.05) is 6.07 Å². The molecule has 1 amide bonds. The fraction of sp³-hybridized carbons (Fsp3) is 0.235. The molecule has 0 spiro atoms. The Morgan fingerprint density at radius 3 is 2.56 bits per heavy atom. The number of carbonyl (C=O) groups excluding carboxylic acids is 2. The van der Waals surface area contributed by atoms with E-state index in [0.717, 1.165) is 11.1 Å². The van der Waals surface area contributed by atoms with Gasteiger partial charge in [-0.3, -0.25) is 4.79 Å². The highest BCUT2D eigenvalue weighted by Crippen LogP contribution is 2.26. The van der Waals surface area contributed by atoms with Gasteiger partial charge in [0.2, 0.25) is 0 Å². The molecule has 0 aliphatic heterocycles. The van der Waals surface area contributed by atoms with Gasteiger partial charge in [0, 0.05) is 11.9 Å². The summed E-state index contributed by atoms with van der Waals surface area (Å²) in [6, 6.07) is 8.28. The molecule has 0 radical (unpaired) electrons. The summed E-state index contributed by atoms with van der Waals surface area (Å²) >= 11 is 0.148. The topological polar surface area (TPSA) is 68.3 Å². The van der Waals surface area contributed by atoms with Crippen LogP contribution in [-0.2, 0) is 9.53 Å². The van der Waals surface area contributed by atoms with Gasteiger partial charge in [-0.25, -0.2) is 9.78 Å². The second-order valence-electron chi connectivity index (χ2n) is 5.24. The Hall–Kier alpha value is -2.48. The molecule has 0 aliphatic rings. The number of nitrogens with zero attached hydrogens (tertiary/aromatic N) is 1. The van der Waals surface area contributed by atoms with Gasteiger partial charge >= 0.3 is 5.97 Å². The molecule has 0 atom stereocenters. The number of halogens is 2. The van der Waals surface area contributed by atoms with E-state index in [-0.39, 0.29) is 22.4 Å². The Morgan fingerprint density at radius 2 is 1.92 bits per heavy atom. The quantitative estimate of drug-likeness (QED) is 0.622. The van der Waals surface area contributed by atoms with Gasteiger partial charge in [0.1, 0.15) is 5.03 Å². The van der Waals surface area contributed by atoms with Crippen molar-refractivity contribution in [3.63, 3.8) is 0 Å². The van der Waals surface area contributed by atoms with E-state index in [4.69, 9.17) is 4.74 Å². The summed E-state index contributed by atoms with van der Waals surface area (Å²) in [7, 11) is 0. The van der Waals surface area contributed by atoms with Crippen LogP contribution in [0.4, 0.5) is 14.5 Å². The molecule has 1 aromatic heterocycles. The van der Waals surface area contributed by atoms with Gasteiger partial charge in [0.05, 0.1) is 5.56 Å². The predicted molar refractivity (Wildman–Crippen MR) is 90.9 cm³/mol. The van der Waals surface area contributed by atoms with E-state index >= 15 is 0 Å². The molecule has 132 valence electrons. The molecule has 1 N–H and O–H groups in total. The lowest BCUT2D eigenvalue weighted by molar-refractivity contribution is -0.119. The van der Waals surface area contributed by atoms with Crippen molar-refractivity contribution in [3.05, 3.63) is 53.2 Å². The summed E-state index contributed by atoms with van der Waals surface area (Å²) in [6.45, 7) is 3.26. The number of pyridine rings is 1. The highest BCUT2D eigenvalue weighted by Gasteiger charge is 2.18. The molecule has 0 saturated carbocycles. The molecule has 0 bridgehead atoms. The number of hydrogen-bond donors (Lipinski definition) is 1. The van der Waals surface area contributed by atoms with E-state index in [1.54, 1.807) is 12.1 Å². The first-order valence-electron chi connectivity index (χ1n) is 7.30. The summed E-state index contributed by atoms with van der Waals surface area (Å²) in [5.74, 6) is -4.12. The zero-order chi connectivity index (χ0) is 18.4. The second-order valence-corrected chi connectivity index (χ2v) is 6.21. The van der Waals surface area contributed by atoms with Crippen molar-refractivity contribution in [2.45, 2.75) is 24.6 Å². The molecule has 2 aromatic rings. The molecule has 0 unspecified atom stereocenters. The van der Waals surface area contributed by atoms with Crippen LogP contribution < -0.4 is 5.32 Å². The smallest absolute Gasteiger partial charge is 0.341 e. The number of aromatic nitrogens is 1. The molecule has 0 saturated heterocycles. The summed E-state index contributed by atoms with van der Waals surface area (Å²) in [6.07, 6.45) is 1.30. The van der Waals surface area contributed by atoms with Gasteiger partial charge in [0.25, 0.3) is 11.7 Å². The number of esters is 1. The molecular weight excluding hydrogens is 350 g/mol. The molecule has 1 aromatic carbocycles. The van der Waals surface area contributed by atoms with Crippen LogP contribution in [0.3, 0.4) is 0 Å². The van der Waals surface area contributed by atoms with Crippen LogP contribution in [0.1, 0.15) is 21.5 Å². The summed E-state index contributed by atoms with van der Waals surface area (Å²) in [5.41, 5.74) is 2.45. The number of rotatable bonds is 6. The van der Waals surface area contributed by atoms with Crippen molar-refractivity contribution in [3.8, 4) is 0 Å². The maximum absolute atomic E-state index is 12.5. The van der Waals surface area contributed by atoms with Crippen molar-refractivity contribution < 1.29 is 23.1 Å². The van der Waals surface area contributed by atoms with Crippen molar-refractivity contribution >= 4 is 29.3 Å². The second kappa shape index (κ2) is 8.57. The van der Waals surface area contributed by atoms with Gasteiger partial charge in [-0.05, 0) is 61.0 Å². The van der Waals surface area contributed by atoms with Crippen LogP contribution in [-0.4, -0.2) is 29.2 Å². The first-order chi connectivity index (χ1) is 11.8. The summed E-state index contributed by atoms with van der Waals surface area (Å²) in [4.78, 5) is 27.7. The van der Waals surface area contributed by atoms with Crippen molar-refractivity contribution in [1.29, 1.82) is 0 Å². The van der Waals surface area contributed by atoms with E-state index < -0.39 is 24.2 Å². The monoisotopic (exact) mass is 366 g/mol. The van der Waals surface area contributed by atoms with Crippen LogP contribution in [0.2, 0.25) is 0 Å². The van der Waals surface area contributed by atoms with Crippen molar-refractivity contribution in [2.75, 3.05) is 11.9 Å². The van der Waals surface area contributed by atoms with E-state index in [9.17, 15) is 18.4 Å². The number of amides is 1. The maximum atomic E-state index is 12.5. The van der Waals surface area contributed by atoms with Crippen LogP contribution in [0.25, 0.3) is 0 Å². The number of ether oxygens (including phenoxy) is 1. The molecule has 5 nitrogen and oxygen atoms in total. The Morgan fingerprint density at radius 1 is 1.24 bits per heavy atom. The van der Waals surface area contributed by atoms with Crippen LogP contribution >= 0.6 is 11.8 Å². The minimum Gasteiger partial charge on any atom is -0.452 e. The predicted octanol–water partition coefficient (Wildman–Crippen LogP) is 3.81. The average molecular weight is 366 g/mol. The summed E-state index contributed by atoms with van der Waals surface area (Å²) in [5, 5.41) is 2.48.